The van der Waals surface area contributed by atoms with Gasteiger partial charge < -0.3 is 15.4 Å². The summed E-state index contributed by atoms with van der Waals surface area (Å²) in [4.78, 5) is 4.12. The van der Waals surface area contributed by atoms with Gasteiger partial charge in [0.15, 0.2) is 5.96 Å². The van der Waals surface area contributed by atoms with Crippen molar-refractivity contribution in [3.05, 3.63) is 64.7 Å². The van der Waals surface area contributed by atoms with E-state index >= 15 is 0 Å². The molecule has 2 aromatic rings. The minimum Gasteiger partial charge on any atom is -0.435 e. The number of guanidine groups is 1. The quantitative estimate of drug-likeness (QED) is 0.365. The molecule has 0 unspecified atom stereocenters. The van der Waals surface area contributed by atoms with Crippen LogP contribution in [0.4, 0.5) is 8.78 Å². The van der Waals surface area contributed by atoms with E-state index in [0.29, 0.717) is 24.1 Å². The average Bonchev–Trinajstić information content (AvgIpc) is 2.56. The zero-order valence-electron chi connectivity index (χ0n) is 13.5. The number of rotatable bonds is 6. The van der Waals surface area contributed by atoms with Crippen LogP contribution in [0.3, 0.4) is 0 Å². The van der Waals surface area contributed by atoms with E-state index < -0.39 is 6.61 Å². The molecule has 4 nitrogen and oxygen atoms in total. The van der Waals surface area contributed by atoms with E-state index in [2.05, 4.69) is 20.4 Å². The number of aliphatic imine (C=N–C) groups is 1. The monoisotopic (exact) mass is 481 g/mol. The largest absolute Gasteiger partial charge is 0.435 e. The van der Waals surface area contributed by atoms with Crippen molar-refractivity contribution in [3.63, 3.8) is 0 Å². The van der Waals surface area contributed by atoms with Gasteiger partial charge in [-0.3, -0.25) is 4.99 Å². The van der Waals surface area contributed by atoms with Crippen molar-refractivity contribution in [2.75, 3.05) is 7.05 Å². The Kier molecular flexibility index (Phi) is 9.51. The Morgan fingerprint density at radius 1 is 1.08 bits per heavy atom. The minimum absolute atomic E-state index is 0. The molecule has 0 fully saturated rings. The highest BCUT2D eigenvalue weighted by molar-refractivity contribution is 14.0. The molecule has 0 aromatic heterocycles. The molecule has 0 aliphatic heterocycles. The molecule has 0 amide bonds. The summed E-state index contributed by atoms with van der Waals surface area (Å²) in [5.74, 6) is 0.735. The Labute approximate surface area is 167 Å². The van der Waals surface area contributed by atoms with Gasteiger partial charge in [-0.15, -0.1) is 24.0 Å². The summed E-state index contributed by atoms with van der Waals surface area (Å²) in [6, 6.07) is 14.0. The van der Waals surface area contributed by atoms with Gasteiger partial charge in [-0.05, 0) is 35.4 Å². The Hall–Kier alpha value is -1.61. The fourth-order valence-corrected chi connectivity index (χ4v) is 2.15. The van der Waals surface area contributed by atoms with Gasteiger partial charge in [-0.1, -0.05) is 35.9 Å². The molecule has 8 heteroatoms. The first-order valence-corrected chi connectivity index (χ1v) is 7.67. The Balaban J connectivity index is 0.00000312. The van der Waals surface area contributed by atoms with Crippen molar-refractivity contribution >= 4 is 41.5 Å². The second kappa shape index (κ2) is 11.1. The van der Waals surface area contributed by atoms with Crippen LogP contribution in [-0.4, -0.2) is 19.6 Å². The van der Waals surface area contributed by atoms with Gasteiger partial charge in [0.05, 0.1) is 0 Å². The number of hydrogen-bond acceptors (Lipinski definition) is 2. The lowest BCUT2D eigenvalue weighted by Gasteiger charge is -2.13. The fraction of sp³-hybridized carbons (Fsp3) is 0.235. The van der Waals surface area contributed by atoms with E-state index in [-0.39, 0.29) is 29.7 Å². The van der Waals surface area contributed by atoms with E-state index in [4.69, 9.17) is 11.6 Å². The van der Waals surface area contributed by atoms with Gasteiger partial charge in [0, 0.05) is 25.2 Å². The van der Waals surface area contributed by atoms with Crippen LogP contribution >= 0.6 is 35.6 Å². The minimum atomic E-state index is -2.83. The van der Waals surface area contributed by atoms with Crippen LogP contribution in [0.15, 0.2) is 53.5 Å². The topological polar surface area (TPSA) is 45.7 Å². The molecule has 0 aliphatic rings. The summed E-state index contributed by atoms with van der Waals surface area (Å²) in [5.41, 5.74) is 1.87. The fourth-order valence-electron chi connectivity index (χ4n) is 2.03. The SMILES string of the molecule is CN=C(NCc1ccc(Cl)cc1)NCc1cccc(OC(F)F)c1.I. The zero-order chi connectivity index (χ0) is 17.4. The van der Waals surface area contributed by atoms with Gasteiger partial charge in [-0.2, -0.15) is 8.78 Å². The first kappa shape index (κ1) is 21.4. The number of hydrogen-bond donors (Lipinski definition) is 2. The second-order valence-electron chi connectivity index (χ2n) is 4.93. The number of benzene rings is 2. The van der Waals surface area contributed by atoms with E-state index in [0.717, 1.165) is 11.1 Å². The van der Waals surface area contributed by atoms with Crippen LogP contribution in [-0.2, 0) is 13.1 Å². The molecule has 0 radical (unpaired) electrons. The van der Waals surface area contributed by atoms with Gasteiger partial charge in [0.2, 0.25) is 0 Å². The van der Waals surface area contributed by atoms with Crippen LogP contribution in [0, 0.1) is 0 Å². The molecule has 25 heavy (non-hydrogen) atoms. The maximum Gasteiger partial charge on any atom is 0.387 e. The normalized spacial score (nSPS) is 11.0. The highest BCUT2D eigenvalue weighted by atomic mass is 127. The predicted octanol–water partition coefficient (Wildman–Crippen LogP) is 4.42. The van der Waals surface area contributed by atoms with Crippen LogP contribution in [0.25, 0.3) is 0 Å². The Bertz CT molecular complexity index is 684. The van der Waals surface area contributed by atoms with Crippen LogP contribution in [0.2, 0.25) is 5.02 Å². The van der Waals surface area contributed by atoms with Crippen LogP contribution in [0.1, 0.15) is 11.1 Å². The number of halogens is 4. The van der Waals surface area contributed by atoms with Gasteiger partial charge in [0.1, 0.15) is 5.75 Å². The number of alkyl halides is 2. The Morgan fingerprint density at radius 2 is 1.72 bits per heavy atom. The third-order valence-electron chi connectivity index (χ3n) is 3.18. The summed E-state index contributed by atoms with van der Waals surface area (Å²) in [7, 11) is 1.66. The molecule has 2 aromatic carbocycles. The lowest BCUT2D eigenvalue weighted by Crippen LogP contribution is -2.36. The smallest absolute Gasteiger partial charge is 0.387 e. The van der Waals surface area contributed by atoms with Crippen molar-refractivity contribution in [3.8, 4) is 5.75 Å². The molecule has 0 heterocycles. The third kappa shape index (κ3) is 7.87. The standard InChI is InChI=1S/C17H18ClF2N3O.HI/c1-21-17(22-10-12-5-7-14(18)8-6-12)23-11-13-3-2-4-15(9-13)24-16(19)20;/h2-9,16H,10-11H2,1H3,(H2,21,22,23);1H. The van der Waals surface area contributed by atoms with Gasteiger partial charge >= 0.3 is 6.61 Å². The summed E-state index contributed by atoms with van der Waals surface area (Å²) in [6.45, 7) is -1.81. The Morgan fingerprint density at radius 3 is 2.32 bits per heavy atom. The number of nitrogens with zero attached hydrogens (tertiary/aromatic N) is 1. The molecule has 0 saturated heterocycles. The summed E-state index contributed by atoms with van der Waals surface area (Å²) in [6.07, 6.45) is 0. The highest BCUT2D eigenvalue weighted by Crippen LogP contribution is 2.15. The van der Waals surface area contributed by atoms with E-state index in [1.54, 1.807) is 19.2 Å². The van der Waals surface area contributed by atoms with E-state index in [9.17, 15) is 8.78 Å². The summed E-state index contributed by atoms with van der Waals surface area (Å²) < 4.78 is 28.8. The van der Waals surface area contributed by atoms with E-state index in [1.165, 1.54) is 6.07 Å². The maximum absolute atomic E-state index is 12.2. The molecule has 2 rings (SSSR count). The molecule has 0 aliphatic carbocycles. The lowest BCUT2D eigenvalue weighted by molar-refractivity contribution is -0.0498. The first-order valence-electron chi connectivity index (χ1n) is 7.29. The van der Waals surface area contributed by atoms with Crippen molar-refractivity contribution in [2.24, 2.45) is 4.99 Å². The zero-order valence-corrected chi connectivity index (χ0v) is 16.6. The summed E-state index contributed by atoms with van der Waals surface area (Å²) >= 11 is 5.85. The first-order chi connectivity index (χ1) is 11.6. The lowest BCUT2D eigenvalue weighted by atomic mass is 10.2. The molecular formula is C17H19ClF2IN3O. The molecule has 2 N–H and O–H groups in total. The summed E-state index contributed by atoms with van der Waals surface area (Å²) in [5, 5.41) is 6.97. The van der Waals surface area contributed by atoms with Gasteiger partial charge in [0.25, 0.3) is 0 Å². The van der Waals surface area contributed by atoms with Crippen molar-refractivity contribution in [1.82, 2.24) is 10.6 Å². The molecule has 0 bridgehead atoms. The molecule has 0 atom stereocenters. The second-order valence-corrected chi connectivity index (χ2v) is 5.37. The molecular weight excluding hydrogens is 463 g/mol. The van der Waals surface area contributed by atoms with Crippen molar-refractivity contribution < 1.29 is 13.5 Å². The van der Waals surface area contributed by atoms with Crippen molar-refractivity contribution in [2.45, 2.75) is 19.7 Å². The van der Waals surface area contributed by atoms with Crippen LogP contribution in [0.5, 0.6) is 5.75 Å². The maximum atomic E-state index is 12.2. The van der Waals surface area contributed by atoms with Gasteiger partial charge in [-0.25, -0.2) is 0 Å². The number of ether oxygens (including phenoxy) is 1. The van der Waals surface area contributed by atoms with E-state index in [1.807, 2.05) is 30.3 Å². The molecule has 136 valence electrons. The molecule has 0 saturated carbocycles. The average molecular weight is 482 g/mol. The van der Waals surface area contributed by atoms with Crippen LogP contribution < -0.4 is 15.4 Å². The highest BCUT2D eigenvalue weighted by Gasteiger charge is 2.05. The number of nitrogens with one attached hydrogen (secondary N) is 2. The van der Waals surface area contributed by atoms with Crippen molar-refractivity contribution in [1.29, 1.82) is 0 Å². The third-order valence-corrected chi connectivity index (χ3v) is 3.43. The predicted molar refractivity (Wildman–Crippen MR) is 107 cm³/mol. The molecule has 0 spiro atoms.